The Morgan fingerprint density at radius 3 is 2.43 bits per heavy atom. The minimum absolute atomic E-state index is 0.110. The number of hydrogen-bond acceptors (Lipinski definition) is 2. The zero-order valence-corrected chi connectivity index (χ0v) is 12.1. The van der Waals surface area contributed by atoms with Gasteiger partial charge in [0.1, 0.15) is 17.3 Å². The van der Waals surface area contributed by atoms with Gasteiger partial charge in [-0.3, -0.25) is 0 Å². The Hall–Kier alpha value is -1.60. The summed E-state index contributed by atoms with van der Waals surface area (Å²) in [6, 6.07) is 7.42. The van der Waals surface area contributed by atoms with Gasteiger partial charge in [0.2, 0.25) is 0 Å². The maximum absolute atomic E-state index is 13.2. The van der Waals surface area contributed by atoms with E-state index in [1.165, 1.54) is 0 Å². The van der Waals surface area contributed by atoms with Crippen molar-refractivity contribution in [1.29, 1.82) is 0 Å². The van der Waals surface area contributed by atoms with E-state index < -0.39 is 17.6 Å². The molecule has 0 heterocycles. The molecule has 0 bridgehead atoms. The minimum Gasteiger partial charge on any atom is -0.457 e. The van der Waals surface area contributed by atoms with Crippen molar-refractivity contribution in [2.75, 3.05) is 0 Å². The van der Waals surface area contributed by atoms with E-state index in [2.05, 4.69) is 15.9 Å². The third kappa shape index (κ3) is 3.74. The maximum Gasteiger partial charge on any atom is 0.419 e. The summed E-state index contributed by atoms with van der Waals surface area (Å²) in [5.41, 5.74) is 4.80. The van der Waals surface area contributed by atoms with Crippen LogP contribution in [0.2, 0.25) is 0 Å². The minimum atomic E-state index is -4.78. The largest absolute Gasteiger partial charge is 0.457 e. The van der Waals surface area contributed by atoms with Crippen molar-refractivity contribution in [3.8, 4) is 11.5 Å². The van der Waals surface area contributed by atoms with Crippen LogP contribution in [0.1, 0.15) is 11.1 Å². The van der Waals surface area contributed by atoms with Gasteiger partial charge in [0, 0.05) is 16.6 Å². The Labute approximate surface area is 126 Å². The molecule has 112 valence electrons. The van der Waals surface area contributed by atoms with Gasteiger partial charge < -0.3 is 10.5 Å². The molecule has 7 heteroatoms. The SMILES string of the molecule is NCc1cc(Br)ccc1Oc1ccc(F)c(C(F)(F)F)c1. The lowest BCUT2D eigenvalue weighted by Crippen LogP contribution is -2.08. The van der Waals surface area contributed by atoms with Gasteiger partial charge in [-0.2, -0.15) is 13.2 Å². The van der Waals surface area contributed by atoms with Crippen molar-refractivity contribution in [3.63, 3.8) is 0 Å². The number of ether oxygens (including phenoxy) is 1. The van der Waals surface area contributed by atoms with E-state index in [1.54, 1.807) is 18.2 Å². The molecule has 0 aliphatic carbocycles. The Morgan fingerprint density at radius 2 is 1.81 bits per heavy atom. The standard InChI is InChI=1S/C14H10BrF4NO/c15-9-1-4-13(8(5-9)7-20)21-10-2-3-12(16)11(6-10)14(17,18)19/h1-6H,7,20H2. The van der Waals surface area contributed by atoms with Crippen molar-refractivity contribution < 1.29 is 22.3 Å². The number of halogens is 5. The van der Waals surface area contributed by atoms with Crippen LogP contribution in [0.3, 0.4) is 0 Å². The third-order valence-electron chi connectivity index (χ3n) is 2.71. The van der Waals surface area contributed by atoms with Crippen molar-refractivity contribution in [3.05, 3.63) is 57.8 Å². The first kappa shape index (κ1) is 15.8. The number of nitrogens with two attached hydrogens (primary N) is 1. The first-order valence-corrected chi connectivity index (χ1v) is 6.63. The molecular weight excluding hydrogens is 354 g/mol. The molecular formula is C14H10BrF4NO. The molecule has 0 saturated carbocycles. The first-order chi connectivity index (χ1) is 9.81. The Kier molecular flexibility index (Phi) is 4.53. The maximum atomic E-state index is 13.2. The highest BCUT2D eigenvalue weighted by molar-refractivity contribution is 9.10. The molecule has 0 fully saturated rings. The fourth-order valence-corrected chi connectivity index (χ4v) is 2.13. The lowest BCUT2D eigenvalue weighted by Gasteiger charge is -2.13. The van der Waals surface area contributed by atoms with E-state index >= 15 is 0 Å². The van der Waals surface area contributed by atoms with Crippen molar-refractivity contribution >= 4 is 15.9 Å². The van der Waals surface area contributed by atoms with E-state index in [1.807, 2.05) is 0 Å². The van der Waals surface area contributed by atoms with Gasteiger partial charge in [-0.25, -0.2) is 4.39 Å². The van der Waals surface area contributed by atoms with Crippen LogP contribution in [0.15, 0.2) is 40.9 Å². The molecule has 2 aromatic rings. The van der Waals surface area contributed by atoms with Crippen LogP contribution in [0, 0.1) is 5.82 Å². The summed E-state index contributed by atoms with van der Waals surface area (Å²) in [6.45, 7) is 0.155. The molecule has 0 radical (unpaired) electrons. The molecule has 0 saturated heterocycles. The predicted octanol–water partition coefficient (Wildman–Crippen LogP) is 4.86. The fourth-order valence-electron chi connectivity index (χ4n) is 1.72. The predicted molar refractivity (Wildman–Crippen MR) is 73.5 cm³/mol. The summed E-state index contributed by atoms with van der Waals surface area (Å²) in [6.07, 6.45) is -4.78. The molecule has 21 heavy (non-hydrogen) atoms. The van der Waals surface area contributed by atoms with Crippen LogP contribution in [-0.2, 0) is 12.7 Å². The van der Waals surface area contributed by atoms with Gasteiger partial charge in [-0.1, -0.05) is 15.9 Å². The van der Waals surface area contributed by atoms with Crippen LogP contribution < -0.4 is 10.5 Å². The lowest BCUT2D eigenvalue weighted by molar-refractivity contribution is -0.140. The molecule has 0 atom stereocenters. The van der Waals surface area contributed by atoms with Gasteiger partial charge >= 0.3 is 6.18 Å². The second-order valence-corrected chi connectivity index (χ2v) is 5.11. The summed E-state index contributed by atoms with van der Waals surface area (Å²) >= 11 is 3.26. The van der Waals surface area contributed by atoms with Crippen molar-refractivity contribution in [1.82, 2.24) is 0 Å². The molecule has 0 unspecified atom stereocenters. The fraction of sp³-hybridized carbons (Fsp3) is 0.143. The van der Waals surface area contributed by atoms with Crippen LogP contribution in [0.4, 0.5) is 17.6 Å². The Bertz CT molecular complexity index is 658. The second kappa shape index (κ2) is 6.03. The topological polar surface area (TPSA) is 35.2 Å². The van der Waals surface area contributed by atoms with Crippen LogP contribution in [0.5, 0.6) is 11.5 Å². The molecule has 2 nitrogen and oxygen atoms in total. The number of rotatable bonds is 3. The highest BCUT2D eigenvalue weighted by Gasteiger charge is 2.34. The van der Waals surface area contributed by atoms with Gasteiger partial charge in [0.05, 0.1) is 5.56 Å². The number of benzene rings is 2. The summed E-state index contributed by atoms with van der Waals surface area (Å²) in [5, 5.41) is 0. The van der Waals surface area contributed by atoms with Gasteiger partial charge in [-0.15, -0.1) is 0 Å². The molecule has 2 aromatic carbocycles. The van der Waals surface area contributed by atoms with E-state index in [0.29, 0.717) is 17.4 Å². The summed E-state index contributed by atoms with van der Waals surface area (Å²) in [5.74, 6) is -1.13. The summed E-state index contributed by atoms with van der Waals surface area (Å²) in [7, 11) is 0. The second-order valence-electron chi connectivity index (χ2n) is 4.20. The highest BCUT2D eigenvalue weighted by Crippen LogP contribution is 2.35. The average Bonchev–Trinajstić information content (AvgIpc) is 2.41. The van der Waals surface area contributed by atoms with Crippen LogP contribution in [0.25, 0.3) is 0 Å². The summed E-state index contributed by atoms with van der Waals surface area (Å²) in [4.78, 5) is 0. The van der Waals surface area contributed by atoms with Gasteiger partial charge in [0.15, 0.2) is 0 Å². The number of hydrogen-bond donors (Lipinski definition) is 1. The monoisotopic (exact) mass is 363 g/mol. The highest BCUT2D eigenvalue weighted by atomic mass is 79.9. The molecule has 0 amide bonds. The van der Waals surface area contributed by atoms with Gasteiger partial charge in [0.25, 0.3) is 0 Å². The molecule has 0 aromatic heterocycles. The molecule has 0 aliphatic rings. The quantitative estimate of drug-likeness (QED) is 0.790. The van der Waals surface area contributed by atoms with Crippen LogP contribution >= 0.6 is 15.9 Å². The average molecular weight is 364 g/mol. The Morgan fingerprint density at radius 1 is 1.10 bits per heavy atom. The number of alkyl halides is 3. The van der Waals surface area contributed by atoms with E-state index in [9.17, 15) is 17.6 Å². The van der Waals surface area contributed by atoms with Gasteiger partial charge in [-0.05, 0) is 36.4 Å². The van der Waals surface area contributed by atoms with E-state index in [0.717, 1.165) is 16.6 Å². The molecule has 2 N–H and O–H groups in total. The lowest BCUT2D eigenvalue weighted by atomic mass is 10.2. The van der Waals surface area contributed by atoms with Crippen molar-refractivity contribution in [2.45, 2.75) is 12.7 Å². The smallest absolute Gasteiger partial charge is 0.419 e. The zero-order valence-electron chi connectivity index (χ0n) is 10.5. The molecule has 2 rings (SSSR count). The zero-order chi connectivity index (χ0) is 15.6. The van der Waals surface area contributed by atoms with Crippen molar-refractivity contribution in [2.24, 2.45) is 5.73 Å². The van der Waals surface area contributed by atoms with Crippen LogP contribution in [-0.4, -0.2) is 0 Å². The Balaban J connectivity index is 2.37. The van der Waals surface area contributed by atoms with E-state index in [-0.39, 0.29) is 12.3 Å². The first-order valence-electron chi connectivity index (χ1n) is 5.84. The molecule has 0 aliphatic heterocycles. The summed E-state index contributed by atoms with van der Waals surface area (Å²) < 4.78 is 57.3. The van der Waals surface area contributed by atoms with E-state index in [4.69, 9.17) is 10.5 Å². The third-order valence-corrected chi connectivity index (χ3v) is 3.21. The molecule has 0 spiro atoms. The normalized spacial score (nSPS) is 11.5.